The van der Waals surface area contributed by atoms with Gasteiger partial charge < -0.3 is 9.84 Å². The minimum Gasteiger partial charge on any atom is -0.507 e. The molecular formula is C17H17N3O5. The van der Waals surface area contributed by atoms with Crippen LogP contribution in [0.2, 0.25) is 0 Å². The van der Waals surface area contributed by atoms with Crippen LogP contribution in [0.4, 0.5) is 5.69 Å². The lowest BCUT2D eigenvalue weighted by Gasteiger charge is -2.10. The summed E-state index contributed by atoms with van der Waals surface area (Å²) in [7, 11) is 0. The number of phenols is 1. The number of non-ortho nitro benzene ring substituents is 1. The first-order valence-corrected chi connectivity index (χ1v) is 7.44. The van der Waals surface area contributed by atoms with Crippen molar-refractivity contribution in [1.29, 1.82) is 0 Å². The molecule has 0 aliphatic carbocycles. The Balaban J connectivity index is 2.04. The lowest BCUT2D eigenvalue weighted by atomic mass is 10.2. The van der Waals surface area contributed by atoms with E-state index >= 15 is 0 Å². The molecule has 25 heavy (non-hydrogen) atoms. The van der Waals surface area contributed by atoms with Crippen LogP contribution in [0.25, 0.3) is 0 Å². The van der Waals surface area contributed by atoms with Gasteiger partial charge in [-0.25, -0.2) is 5.43 Å². The normalized spacial score (nSPS) is 10.8. The number of carbonyl (C=O) groups excluding carboxylic acids is 1. The molecule has 0 aliphatic rings. The number of ether oxygens (including phenoxy) is 1. The van der Waals surface area contributed by atoms with Gasteiger partial charge in [0.1, 0.15) is 11.5 Å². The van der Waals surface area contributed by atoms with Crippen molar-refractivity contribution in [1.82, 2.24) is 5.43 Å². The average molecular weight is 343 g/mol. The highest BCUT2D eigenvalue weighted by molar-refractivity contribution is 5.95. The molecule has 0 aliphatic heterocycles. The van der Waals surface area contributed by atoms with Gasteiger partial charge in [-0.1, -0.05) is 6.07 Å². The molecule has 0 spiro atoms. The van der Waals surface area contributed by atoms with Gasteiger partial charge in [0.15, 0.2) is 0 Å². The number of hydrazone groups is 1. The highest BCUT2D eigenvalue weighted by Crippen LogP contribution is 2.23. The molecule has 2 N–H and O–H groups in total. The first-order chi connectivity index (χ1) is 11.9. The SMILES string of the molecule is CC(C)Oc1ccc(/C=N\NC(=O)c2cccc([N+](=O)[O-])c2)c(O)c1. The standard InChI is InChI=1S/C17H17N3O5/c1-11(2)25-15-7-6-13(16(21)9-15)10-18-19-17(22)12-4-3-5-14(8-12)20(23)24/h3-11,21H,1-2H3,(H,19,22)/b18-10-. The summed E-state index contributed by atoms with van der Waals surface area (Å²) >= 11 is 0. The number of nitro groups is 1. The minimum absolute atomic E-state index is 0.0202. The van der Waals surface area contributed by atoms with E-state index in [1.54, 1.807) is 12.1 Å². The summed E-state index contributed by atoms with van der Waals surface area (Å²) in [5.41, 5.74) is 2.56. The largest absolute Gasteiger partial charge is 0.507 e. The molecule has 0 saturated carbocycles. The van der Waals surface area contributed by atoms with Crippen molar-refractivity contribution in [2.45, 2.75) is 20.0 Å². The van der Waals surface area contributed by atoms with Crippen LogP contribution in [-0.4, -0.2) is 28.3 Å². The van der Waals surface area contributed by atoms with Crippen LogP contribution < -0.4 is 10.2 Å². The second-order valence-corrected chi connectivity index (χ2v) is 5.39. The van der Waals surface area contributed by atoms with Crippen molar-refractivity contribution >= 4 is 17.8 Å². The Hall–Kier alpha value is -3.42. The first kappa shape index (κ1) is 17.9. The molecule has 0 bridgehead atoms. The predicted octanol–water partition coefficient (Wildman–Crippen LogP) is 2.85. The zero-order valence-corrected chi connectivity index (χ0v) is 13.7. The third kappa shape index (κ3) is 5.03. The van der Waals surface area contributed by atoms with Crippen molar-refractivity contribution < 1.29 is 19.6 Å². The third-order valence-electron chi connectivity index (χ3n) is 3.06. The Morgan fingerprint density at radius 3 is 2.72 bits per heavy atom. The van der Waals surface area contributed by atoms with E-state index in [-0.39, 0.29) is 23.1 Å². The van der Waals surface area contributed by atoms with E-state index in [1.807, 2.05) is 13.8 Å². The van der Waals surface area contributed by atoms with Crippen LogP contribution in [0.15, 0.2) is 47.6 Å². The van der Waals surface area contributed by atoms with Gasteiger partial charge in [-0.2, -0.15) is 5.10 Å². The van der Waals surface area contributed by atoms with Crippen molar-refractivity contribution in [2.24, 2.45) is 5.10 Å². The lowest BCUT2D eigenvalue weighted by Crippen LogP contribution is -2.17. The molecule has 2 rings (SSSR count). The van der Waals surface area contributed by atoms with Crippen LogP contribution in [-0.2, 0) is 0 Å². The van der Waals surface area contributed by atoms with Gasteiger partial charge in [0.05, 0.1) is 17.2 Å². The van der Waals surface area contributed by atoms with Crippen molar-refractivity contribution in [3.8, 4) is 11.5 Å². The van der Waals surface area contributed by atoms with E-state index in [9.17, 15) is 20.0 Å². The zero-order valence-electron chi connectivity index (χ0n) is 13.7. The van der Waals surface area contributed by atoms with E-state index in [2.05, 4.69) is 10.5 Å². The first-order valence-electron chi connectivity index (χ1n) is 7.44. The summed E-state index contributed by atoms with van der Waals surface area (Å²) < 4.78 is 5.45. The van der Waals surface area contributed by atoms with E-state index in [1.165, 1.54) is 30.5 Å². The molecule has 0 atom stereocenters. The molecule has 0 saturated heterocycles. The molecule has 130 valence electrons. The summed E-state index contributed by atoms with van der Waals surface area (Å²) in [6.07, 6.45) is 1.25. The van der Waals surface area contributed by atoms with Crippen LogP contribution in [0.3, 0.4) is 0 Å². The molecule has 8 nitrogen and oxygen atoms in total. The van der Waals surface area contributed by atoms with Gasteiger partial charge in [-0.15, -0.1) is 0 Å². The maximum atomic E-state index is 11.9. The number of nitro benzene ring substituents is 1. The predicted molar refractivity (Wildman–Crippen MR) is 92.0 cm³/mol. The average Bonchev–Trinajstić information content (AvgIpc) is 2.56. The number of rotatable bonds is 6. The Labute approximate surface area is 143 Å². The number of phenolic OH excluding ortho intramolecular Hbond substituents is 1. The minimum atomic E-state index is -0.598. The molecule has 8 heteroatoms. The summed E-state index contributed by atoms with van der Waals surface area (Å²) in [5, 5.41) is 24.4. The number of nitrogens with one attached hydrogen (secondary N) is 1. The van der Waals surface area contributed by atoms with Crippen molar-refractivity contribution in [3.63, 3.8) is 0 Å². The fraction of sp³-hybridized carbons (Fsp3) is 0.176. The van der Waals surface area contributed by atoms with Gasteiger partial charge in [0, 0.05) is 29.3 Å². The quantitative estimate of drug-likeness (QED) is 0.475. The van der Waals surface area contributed by atoms with E-state index in [4.69, 9.17) is 4.74 Å². The number of hydrogen-bond acceptors (Lipinski definition) is 6. The number of amides is 1. The fourth-order valence-electron chi connectivity index (χ4n) is 1.96. The fourth-order valence-corrected chi connectivity index (χ4v) is 1.96. The van der Waals surface area contributed by atoms with Gasteiger partial charge in [-0.3, -0.25) is 14.9 Å². The topological polar surface area (TPSA) is 114 Å². The van der Waals surface area contributed by atoms with Gasteiger partial charge in [-0.05, 0) is 32.0 Å². The second kappa shape index (κ2) is 7.91. The Kier molecular flexibility index (Phi) is 5.67. The van der Waals surface area contributed by atoms with Gasteiger partial charge >= 0.3 is 0 Å². The Morgan fingerprint density at radius 1 is 1.32 bits per heavy atom. The monoisotopic (exact) mass is 343 g/mol. The van der Waals surface area contributed by atoms with Crippen molar-refractivity contribution in [2.75, 3.05) is 0 Å². The van der Waals surface area contributed by atoms with Crippen LogP contribution in [0, 0.1) is 10.1 Å². The van der Waals surface area contributed by atoms with Crippen LogP contribution in [0.5, 0.6) is 11.5 Å². The number of nitrogens with zero attached hydrogens (tertiary/aromatic N) is 2. The summed E-state index contributed by atoms with van der Waals surface area (Å²) in [5.74, 6) is -0.129. The highest BCUT2D eigenvalue weighted by atomic mass is 16.6. The number of aromatic hydroxyl groups is 1. The smallest absolute Gasteiger partial charge is 0.271 e. The lowest BCUT2D eigenvalue weighted by molar-refractivity contribution is -0.384. The number of carbonyl (C=O) groups is 1. The molecule has 0 radical (unpaired) electrons. The molecule has 2 aromatic carbocycles. The maximum Gasteiger partial charge on any atom is 0.271 e. The zero-order chi connectivity index (χ0) is 18.4. The number of benzene rings is 2. The molecule has 0 unspecified atom stereocenters. The third-order valence-corrected chi connectivity index (χ3v) is 3.06. The highest BCUT2D eigenvalue weighted by Gasteiger charge is 2.10. The van der Waals surface area contributed by atoms with Gasteiger partial charge in [0.25, 0.3) is 11.6 Å². The van der Waals surface area contributed by atoms with E-state index in [0.29, 0.717) is 11.3 Å². The summed E-state index contributed by atoms with van der Waals surface area (Å²) in [6.45, 7) is 3.74. The Bertz CT molecular complexity index is 818. The van der Waals surface area contributed by atoms with E-state index < -0.39 is 10.8 Å². The van der Waals surface area contributed by atoms with Crippen LogP contribution >= 0.6 is 0 Å². The van der Waals surface area contributed by atoms with Crippen LogP contribution in [0.1, 0.15) is 29.8 Å². The molecule has 1 amide bonds. The molecule has 0 heterocycles. The van der Waals surface area contributed by atoms with Crippen molar-refractivity contribution in [3.05, 3.63) is 63.7 Å². The molecule has 0 aromatic heterocycles. The maximum absolute atomic E-state index is 11.9. The van der Waals surface area contributed by atoms with Gasteiger partial charge in [0.2, 0.25) is 0 Å². The Morgan fingerprint density at radius 2 is 2.08 bits per heavy atom. The molecular weight excluding hydrogens is 326 g/mol. The molecule has 0 fully saturated rings. The molecule has 2 aromatic rings. The summed E-state index contributed by atoms with van der Waals surface area (Å²) in [4.78, 5) is 22.1. The summed E-state index contributed by atoms with van der Waals surface area (Å²) in [6, 6.07) is 10.0. The van der Waals surface area contributed by atoms with E-state index in [0.717, 1.165) is 6.07 Å². The second-order valence-electron chi connectivity index (χ2n) is 5.39. The number of hydrogen-bond donors (Lipinski definition) is 2.